The van der Waals surface area contributed by atoms with Crippen molar-refractivity contribution >= 4 is 14.1 Å². The van der Waals surface area contributed by atoms with Crippen molar-refractivity contribution in [2.45, 2.75) is 26.4 Å². The molecule has 0 saturated heterocycles. The molecule has 13 heavy (non-hydrogen) atoms. The molecule has 0 spiro atoms. The topological polar surface area (TPSA) is 75.6 Å². The SMILES string of the molecule is CC(C)(C)OC(=O)NCC[PH](=O)O. The average Bonchev–Trinajstić information content (AvgIpc) is 1.81. The molecule has 6 heteroatoms. The summed E-state index contributed by atoms with van der Waals surface area (Å²) < 4.78 is 15.2. The summed E-state index contributed by atoms with van der Waals surface area (Å²) in [5.74, 6) is 0. The van der Waals surface area contributed by atoms with Gasteiger partial charge >= 0.3 is 6.09 Å². The number of nitrogens with one attached hydrogen (secondary N) is 1. The summed E-state index contributed by atoms with van der Waals surface area (Å²) in [5, 5.41) is 2.37. The number of hydrogen-bond donors (Lipinski definition) is 2. The number of amides is 1. The highest BCUT2D eigenvalue weighted by molar-refractivity contribution is 7.38. The molecule has 0 heterocycles. The summed E-state index contributed by atoms with van der Waals surface area (Å²) in [6.45, 7) is 5.42. The molecule has 1 unspecified atom stereocenters. The lowest BCUT2D eigenvalue weighted by Gasteiger charge is -2.19. The summed E-state index contributed by atoms with van der Waals surface area (Å²) in [4.78, 5) is 19.4. The molecule has 0 aromatic rings. The molecule has 5 nitrogen and oxygen atoms in total. The van der Waals surface area contributed by atoms with Gasteiger partial charge < -0.3 is 14.9 Å². The maximum Gasteiger partial charge on any atom is 0.407 e. The summed E-state index contributed by atoms with van der Waals surface area (Å²) in [6, 6.07) is 0. The zero-order valence-electron chi connectivity index (χ0n) is 8.09. The molecule has 0 bridgehead atoms. The van der Waals surface area contributed by atoms with Crippen LogP contribution in [0.2, 0.25) is 0 Å². The minimum Gasteiger partial charge on any atom is -0.444 e. The van der Waals surface area contributed by atoms with Crippen molar-refractivity contribution in [1.82, 2.24) is 5.32 Å². The van der Waals surface area contributed by atoms with E-state index in [0.717, 1.165) is 0 Å². The third kappa shape index (κ3) is 9.37. The number of carbonyl (C=O) groups is 1. The third-order valence-electron chi connectivity index (χ3n) is 1.01. The van der Waals surface area contributed by atoms with Crippen LogP contribution in [0.5, 0.6) is 0 Å². The van der Waals surface area contributed by atoms with E-state index in [-0.39, 0.29) is 12.7 Å². The Hall–Kier alpha value is -0.540. The maximum absolute atomic E-state index is 10.9. The lowest BCUT2D eigenvalue weighted by Crippen LogP contribution is -2.33. The molecular formula is C7H16NO4P. The summed E-state index contributed by atoms with van der Waals surface area (Å²) >= 11 is 0. The Kier molecular flexibility index (Phi) is 5.03. The van der Waals surface area contributed by atoms with Crippen LogP contribution < -0.4 is 5.32 Å². The van der Waals surface area contributed by atoms with Crippen molar-refractivity contribution in [1.29, 1.82) is 0 Å². The molecule has 1 atom stereocenters. The molecular weight excluding hydrogens is 193 g/mol. The van der Waals surface area contributed by atoms with Gasteiger partial charge in [0, 0.05) is 12.7 Å². The molecule has 0 fully saturated rings. The first-order valence-corrected chi connectivity index (χ1v) is 5.56. The van der Waals surface area contributed by atoms with Crippen LogP contribution in [0.3, 0.4) is 0 Å². The van der Waals surface area contributed by atoms with Crippen molar-refractivity contribution in [3.8, 4) is 0 Å². The molecule has 78 valence electrons. The zero-order valence-corrected chi connectivity index (χ0v) is 9.09. The second-order valence-corrected chi connectivity index (χ2v) is 4.86. The summed E-state index contributed by atoms with van der Waals surface area (Å²) in [5.41, 5.74) is -0.533. The number of carbonyl (C=O) groups excluding carboxylic acids is 1. The molecule has 0 aliphatic rings. The predicted molar refractivity (Wildman–Crippen MR) is 50.3 cm³/mol. The molecule has 0 aromatic heterocycles. The minimum atomic E-state index is -2.49. The van der Waals surface area contributed by atoms with Crippen LogP contribution in [-0.2, 0) is 9.30 Å². The van der Waals surface area contributed by atoms with E-state index in [1.54, 1.807) is 20.8 Å². The van der Waals surface area contributed by atoms with Gasteiger partial charge in [-0.2, -0.15) is 0 Å². The van der Waals surface area contributed by atoms with Crippen molar-refractivity contribution in [3.05, 3.63) is 0 Å². The van der Waals surface area contributed by atoms with Gasteiger partial charge in [-0.15, -0.1) is 0 Å². The Morgan fingerprint density at radius 2 is 2.08 bits per heavy atom. The summed E-state index contributed by atoms with van der Waals surface area (Å²) in [7, 11) is -2.49. The van der Waals surface area contributed by atoms with Gasteiger partial charge in [0.2, 0.25) is 0 Å². The smallest absolute Gasteiger partial charge is 0.407 e. The van der Waals surface area contributed by atoms with Gasteiger partial charge in [-0.05, 0) is 20.8 Å². The molecule has 0 saturated carbocycles. The van der Waals surface area contributed by atoms with E-state index in [1.807, 2.05) is 0 Å². The predicted octanol–water partition coefficient (Wildman–Crippen LogP) is 0.978. The standard InChI is InChI=1S/C7H16NO4P/c1-7(2,3)12-6(9)8-4-5-13(10)11/h13H,4-5H2,1-3H3,(H,8,9)(H,10,11). The number of rotatable bonds is 3. The van der Waals surface area contributed by atoms with Gasteiger partial charge in [-0.25, -0.2) is 4.79 Å². The number of ether oxygens (including phenoxy) is 1. The average molecular weight is 209 g/mol. The quantitative estimate of drug-likeness (QED) is 0.679. The van der Waals surface area contributed by atoms with E-state index in [1.165, 1.54) is 0 Å². The van der Waals surface area contributed by atoms with Gasteiger partial charge in [-0.1, -0.05) is 0 Å². The molecule has 1 amide bonds. The number of hydrogen-bond acceptors (Lipinski definition) is 3. The third-order valence-corrected chi connectivity index (χ3v) is 1.68. The minimum absolute atomic E-state index is 0.0872. The molecule has 2 N–H and O–H groups in total. The van der Waals surface area contributed by atoms with Crippen LogP contribution in [0.15, 0.2) is 0 Å². The van der Waals surface area contributed by atoms with E-state index in [4.69, 9.17) is 9.63 Å². The fraction of sp³-hybridized carbons (Fsp3) is 0.857. The zero-order chi connectivity index (χ0) is 10.5. The molecule has 0 aromatic carbocycles. The van der Waals surface area contributed by atoms with E-state index >= 15 is 0 Å². The Morgan fingerprint density at radius 1 is 1.54 bits per heavy atom. The lowest BCUT2D eigenvalue weighted by atomic mass is 10.2. The second kappa shape index (κ2) is 5.25. The summed E-state index contributed by atoms with van der Waals surface area (Å²) in [6.07, 6.45) is -0.472. The maximum atomic E-state index is 10.9. The van der Waals surface area contributed by atoms with E-state index in [0.29, 0.717) is 0 Å². The normalized spacial score (nSPS) is 13.5. The Bertz CT molecular complexity index is 199. The van der Waals surface area contributed by atoms with Crippen molar-refractivity contribution < 1.29 is 19.0 Å². The van der Waals surface area contributed by atoms with Crippen LogP contribution in [0.1, 0.15) is 20.8 Å². The van der Waals surface area contributed by atoms with Crippen molar-refractivity contribution in [2.75, 3.05) is 12.7 Å². The molecule has 0 radical (unpaired) electrons. The molecule has 0 aliphatic carbocycles. The Labute approximate surface area is 78.3 Å². The van der Waals surface area contributed by atoms with Crippen molar-refractivity contribution in [2.24, 2.45) is 0 Å². The van der Waals surface area contributed by atoms with E-state index < -0.39 is 19.7 Å². The first kappa shape index (κ1) is 12.5. The highest BCUT2D eigenvalue weighted by Gasteiger charge is 2.15. The van der Waals surface area contributed by atoms with E-state index in [2.05, 4.69) is 5.32 Å². The van der Waals surface area contributed by atoms with Gasteiger partial charge in [0.15, 0.2) is 8.03 Å². The second-order valence-electron chi connectivity index (χ2n) is 3.57. The van der Waals surface area contributed by atoms with Gasteiger partial charge in [0.25, 0.3) is 0 Å². The van der Waals surface area contributed by atoms with Crippen LogP contribution in [0.25, 0.3) is 0 Å². The first-order valence-electron chi connectivity index (χ1n) is 4.00. The van der Waals surface area contributed by atoms with Crippen LogP contribution in [0, 0.1) is 0 Å². The van der Waals surface area contributed by atoms with Gasteiger partial charge in [0.1, 0.15) is 5.60 Å². The lowest BCUT2D eigenvalue weighted by molar-refractivity contribution is 0.0531. The van der Waals surface area contributed by atoms with Gasteiger partial charge in [-0.3, -0.25) is 4.57 Å². The Balaban J connectivity index is 3.59. The Morgan fingerprint density at radius 3 is 2.46 bits per heavy atom. The molecule has 0 aliphatic heterocycles. The fourth-order valence-electron chi connectivity index (χ4n) is 0.586. The van der Waals surface area contributed by atoms with Crippen LogP contribution in [-0.4, -0.2) is 29.3 Å². The largest absolute Gasteiger partial charge is 0.444 e. The highest BCUT2D eigenvalue weighted by atomic mass is 31.1. The first-order chi connectivity index (χ1) is 5.81. The van der Waals surface area contributed by atoms with Gasteiger partial charge in [0.05, 0.1) is 0 Å². The fourth-order valence-corrected chi connectivity index (χ4v) is 0.925. The van der Waals surface area contributed by atoms with Crippen LogP contribution >= 0.6 is 8.03 Å². The van der Waals surface area contributed by atoms with Crippen molar-refractivity contribution in [3.63, 3.8) is 0 Å². The van der Waals surface area contributed by atoms with E-state index in [9.17, 15) is 9.36 Å². The highest BCUT2D eigenvalue weighted by Crippen LogP contribution is 2.10. The van der Waals surface area contributed by atoms with Crippen LogP contribution in [0.4, 0.5) is 4.79 Å². The molecule has 0 rings (SSSR count). The number of alkyl carbamates (subject to hydrolysis) is 1. The monoisotopic (exact) mass is 209 g/mol.